The van der Waals surface area contributed by atoms with E-state index in [4.69, 9.17) is 9.47 Å². The number of rotatable bonds is 4. The molecule has 2 aromatic rings. The third-order valence-electron chi connectivity index (χ3n) is 6.01. The minimum absolute atomic E-state index is 0.113. The molecule has 3 aliphatic rings. The Labute approximate surface area is 180 Å². The molecule has 5 rings (SSSR count). The van der Waals surface area contributed by atoms with Crippen molar-refractivity contribution in [1.29, 1.82) is 0 Å². The van der Waals surface area contributed by atoms with Gasteiger partial charge in [0.25, 0.3) is 5.56 Å². The van der Waals surface area contributed by atoms with Crippen LogP contribution in [0.4, 0.5) is 0 Å². The lowest BCUT2D eigenvalue weighted by atomic mass is 9.89. The van der Waals surface area contributed by atoms with E-state index in [1.54, 1.807) is 0 Å². The van der Waals surface area contributed by atoms with Crippen LogP contribution in [0.1, 0.15) is 36.0 Å². The Kier molecular flexibility index (Phi) is 5.10. The Bertz CT molecular complexity index is 1140. The summed E-state index contributed by atoms with van der Waals surface area (Å²) in [5, 5.41) is 7.60. The molecule has 7 nitrogen and oxygen atoms in total. The third-order valence-corrected chi connectivity index (χ3v) is 6.01. The molecular weight excluding hydrogens is 394 g/mol. The zero-order valence-electron chi connectivity index (χ0n) is 17.5. The van der Waals surface area contributed by atoms with Gasteiger partial charge in [0.05, 0.1) is 11.7 Å². The van der Waals surface area contributed by atoms with Crippen LogP contribution >= 0.6 is 0 Å². The van der Waals surface area contributed by atoms with Crippen LogP contribution in [0.15, 0.2) is 52.7 Å². The summed E-state index contributed by atoms with van der Waals surface area (Å²) in [5.41, 5.74) is 4.63. The first kappa shape index (κ1) is 19.6. The van der Waals surface area contributed by atoms with Crippen LogP contribution in [-0.4, -0.2) is 28.5 Å². The SMILES string of the molecule is Cc1ccc(-c2nn(CC(=O)NC3C=C4OCOC4=CC3)c(=O)c3c2CCCC3)cc1. The molecule has 0 bridgehead atoms. The van der Waals surface area contributed by atoms with Gasteiger partial charge in [0.2, 0.25) is 12.7 Å². The number of carbonyl (C=O) groups is 1. The standard InChI is InChI=1S/C24H25N3O4/c1-15-6-8-16(9-7-15)23-18-4-2-3-5-19(18)24(29)27(26-23)13-22(28)25-17-10-11-20-21(12-17)31-14-30-20/h6-9,11-12,17H,2-5,10,13-14H2,1H3,(H,25,28). The summed E-state index contributed by atoms with van der Waals surface area (Å²) in [5.74, 6) is 1.13. The number of aromatic nitrogens is 2. The molecule has 31 heavy (non-hydrogen) atoms. The lowest BCUT2D eigenvalue weighted by molar-refractivity contribution is -0.122. The molecule has 1 saturated heterocycles. The van der Waals surface area contributed by atoms with Gasteiger partial charge in [0.15, 0.2) is 11.5 Å². The summed E-state index contributed by atoms with van der Waals surface area (Å²) in [6, 6.07) is 7.95. The Balaban J connectivity index is 1.42. The quantitative estimate of drug-likeness (QED) is 0.824. The van der Waals surface area contributed by atoms with E-state index in [0.29, 0.717) is 12.2 Å². The van der Waals surface area contributed by atoms with Gasteiger partial charge >= 0.3 is 0 Å². The molecule has 1 amide bonds. The van der Waals surface area contributed by atoms with Crippen LogP contribution in [0, 0.1) is 6.92 Å². The zero-order chi connectivity index (χ0) is 21.4. The van der Waals surface area contributed by atoms with Crippen molar-refractivity contribution in [3.63, 3.8) is 0 Å². The molecule has 0 saturated carbocycles. The van der Waals surface area contributed by atoms with Crippen molar-refractivity contribution in [2.24, 2.45) is 0 Å². The maximum absolute atomic E-state index is 13.1. The van der Waals surface area contributed by atoms with Crippen molar-refractivity contribution in [3.05, 3.63) is 75.0 Å². The number of aryl methyl sites for hydroxylation is 1. The summed E-state index contributed by atoms with van der Waals surface area (Å²) >= 11 is 0. The molecule has 7 heteroatoms. The second kappa shape index (κ2) is 8.06. The first-order chi connectivity index (χ1) is 15.1. The molecular formula is C24H25N3O4. The van der Waals surface area contributed by atoms with Crippen molar-refractivity contribution in [2.75, 3.05) is 6.79 Å². The highest BCUT2D eigenvalue weighted by molar-refractivity contribution is 5.76. The average molecular weight is 419 g/mol. The predicted octanol–water partition coefficient (Wildman–Crippen LogP) is 2.76. The van der Waals surface area contributed by atoms with E-state index in [9.17, 15) is 9.59 Å². The van der Waals surface area contributed by atoms with Gasteiger partial charge in [-0.15, -0.1) is 0 Å². The predicted molar refractivity (Wildman–Crippen MR) is 115 cm³/mol. The molecule has 1 unspecified atom stereocenters. The molecule has 1 N–H and O–H groups in total. The molecule has 2 heterocycles. The van der Waals surface area contributed by atoms with Gasteiger partial charge in [0.1, 0.15) is 6.54 Å². The molecule has 2 aliphatic carbocycles. The zero-order valence-corrected chi connectivity index (χ0v) is 17.5. The minimum atomic E-state index is -0.252. The second-order valence-electron chi connectivity index (χ2n) is 8.26. The summed E-state index contributed by atoms with van der Waals surface area (Å²) < 4.78 is 12.1. The van der Waals surface area contributed by atoms with Crippen molar-refractivity contribution < 1.29 is 14.3 Å². The van der Waals surface area contributed by atoms with Crippen LogP contribution in [0.25, 0.3) is 11.3 Å². The van der Waals surface area contributed by atoms with Gasteiger partial charge in [-0.25, -0.2) is 4.68 Å². The number of nitrogens with one attached hydrogen (secondary N) is 1. The molecule has 160 valence electrons. The van der Waals surface area contributed by atoms with Gasteiger partial charge in [0, 0.05) is 11.1 Å². The van der Waals surface area contributed by atoms with Gasteiger partial charge in [-0.05, 0) is 56.7 Å². The highest BCUT2D eigenvalue weighted by Gasteiger charge is 2.25. The van der Waals surface area contributed by atoms with Crippen molar-refractivity contribution in [3.8, 4) is 11.3 Å². The number of hydrogen-bond donors (Lipinski definition) is 1. The largest absolute Gasteiger partial charge is 0.454 e. The summed E-state index contributed by atoms with van der Waals surface area (Å²) in [7, 11) is 0. The molecule has 1 aliphatic heterocycles. The maximum Gasteiger partial charge on any atom is 0.270 e. The van der Waals surface area contributed by atoms with Crippen LogP contribution < -0.4 is 10.9 Å². The van der Waals surface area contributed by atoms with Gasteiger partial charge in [-0.2, -0.15) is 5.10 Å². The van der Waals surface area contributed by atoms with E-state index >= 15 is 0 Å². The number of amides is 1. The maximum atomic E-state index is 13.1. The molecule has 0 spiro atoms. The van der Waals surface area contributed by atoms with Gasteiger partial charge < -0.3 is 14.8 Å². The summed E-state index contributed by atoms with van der Waals surface area (Å²) in [6.45, 7) is 2.13. The summed E-state index contributed by atoms with van der Waals surface area (Å²) in [6.07, 6.45) is 7.99. The molecule has 0 radical (unpaired) electrons. The van der Waals surface area contributed by atoms with Crippen LogP contribution in [0.2, 0.25) is 0 Å². The van der Waals surface area contributed by atoms with Crippen LogP contribution in [-0.2, 0) is 33.7 Å². The van der Waals surface area contributed by atoms with Crippen molar-refractivity contribution in [2.45, 2.75) is 51.6 Å². The van der Waals surface area contributed by atoms with Gasteiger partial charge in [-0.3, -0.25) is 9.59 Å². The molecule has 1 aromatic carbocycles. The number of hydrogen-bond acceptors (Lipinski definition) is 5. The molecule has 1 aromatic heterocycles. The summed E-state index contributed by atoms with van der Waals surface area (Å²) in [4.78, 5) is 25.8. The number of ether oxygens (including phenoxy) is 2. The number of nitrogens with zero attached hydrogens (tertiary/aromatic N) is 2. The van der Waals surface area contributed by atoms with E-state index in [1.165, 1.54) is 10.2 Å². The minimum Gasteiger partial charge on any atom is -0.454 e. The number of benzene rings is 1. The molecule has 1 fully saturated rings. The van der Waals surface area contributed by atoms with Crippen molar-refractivity contribution in [1.82, 2.24) is 15.1 Å². The fraction of sp³-hybridized carbons (Fsp3) is 0.375. The lowest BCUT2D eigenvalue weighted by Crippen LogP contribution is -2.40. The topological polar surface area (TPSA) is 82.5 Å². The van der Waals surface area contributed by atoms with E-state index in [1.807, 2.05) is 43.3 Å². The normalized spacial score (nSPS) is 19.3. The Morgan fingerprint density at radius 3 is 2.68 bits per heavy atom. The Morgan fingerprint density at radius 1 is 1.13 bits per heavy atom. The monoisotopic (exact) mass is 419 g/mol. The van der Waals surface area contributed by atoms with Gasteiger partial charge in [-0.1, -0.05) is 29.8 Å². The van der Waals surface area contributed by atoms with E-state index in [2.05, 4.69) is 10.4 Å². The second-order valence-corrected chi connectivity index (χ2v) is 8.26. The Hall–Kier alpha value is -3.35. The number of fused-ring (bicyclic) bond motifs is 2. The smallest absolute Gasteiger partial charge is 0.270 e. The van der Waals surface area contributed by atoms with E-state index in [-0.39, 0.29) is 30.8 Å². The average Bonchev–Trinajstić information content (AvgIpc) is 3.24. The first-order valence-electron chi connectivity index (χ1n) is 10.8. The molecule has 1 atom stereocenters. The highest BCUT2D eigenvalue weighted by atomic mass is 16.7. The van der Waals surface area contributed by atoms with Crippen LogP contribution in [0.5, 0.6) is 0 Å². The highest BCUT2D eigenvalue weighted by Crippen LogP contribution is 2.28. The fourth-order valence-corrected chi connectivity index (χ4v) is 4.40. The van der Waals surface area contributed by atoms with E-state index in [0.717, 1.165) is 53.8 Å². The van der Waals surface area contributed by atoms with Crippen LogP contribution in [0.3, 0.4) is 0 Å². The Morgan fingerprint density at radius 2 is 1.87 bits per heavy atom. The third kappa shape index (κ3) is 3.87. The first-order valence-corrected chi connectivity index (χ1v) is 10.8. The van der Waals surface area contributed by atoms with Crippen molar-refractivity contribution >= 4 is 5.91 Å². The number of carbonyl (C=O) groups excluding carboxylic acids is 1. The lowest BCUT2D eigenvalue weighted by Gasteiger charge is -2.21. The van der Waals surface area contributed by atoms with E-state index < -0.39 is 0 Å². The fourth-order valence-electron chi connectivity index (χ4n) is 4.40.